The summed E-state index contributed by atoms with van der Waals surface area (Å²) in [4.78, 5) is 18.5. The highest BCUT2D eigenvalue weighted by molar-refractivity contribution is 7.99. The lowest BCUT2D eigenvalue weighted by Gasteiger charge is -2.29. The summed E-state index contributed by atoms with van der Waals surface area (Å²) in [5.41, 5.74) is 6.10. The molecule has 1 unspecified atom stereocenters. The van der Waals surface area contributed by atoms with Crippen LogP contribution in [0.4, 0.5) is 11.6 Å². The van der Waals surface area contributed by atoms with E-state index in [0.29, 0.717) is 34.1 Å². The highest BCUT2D eigenvalue weighted by Crippen LogP contribution is 2.38. The molecule has 2 N–H and O–H groups in total. The molecule has 1 aliphatic heterocycles. The van der Waals surface area contributed by atoms with Crippen molar-refractivity contribution in [2.24, 2.45) is 0 Å². The number of anilines is 2. The van der Waals surface area contributed by atoms with Crippen LogP contribution in [0.2, 0.25) is 5.02 Å². The number of carbonyl (C=O) groups excluding carboxylic acids is 1. The number of aromatic nitrogens is 3. The van der Waals surface area contributed by atoms with E-state index in [2.05, 4.69) is 22.5 Å². The number of fused-ring (bicyclic) bond motifs is 1. The monoisotopic (exact) mass is 559 g/mol. The van der Waals surface area contributed by atoms with Crippen molar-refractivity contribution in [2.45, 2.75) is 45.5 Å². The summed E-state index contributed by atoms with van der Waals surface area (Å²) in [6, 6.07) is 20.8. The number of aryl methyl sites for hydroxylation is 1. The molecule has 0 saturated heterocycles. The molecule has 0 aliphatic carbocycles. The fraction of sp³-hybridized carbons (Fsp3) is 0.233. The number of halogens is 1. The van der Waals surface area contributed by atoms with Crippen LogP contribution < -0.4 is 15.4 Å². The van der Waals surface area contributed by atoms with Crippen molar-refractivity contribution in [3.63, 3.8) is 0 Å². The van der Waals surface area contributed by atoms with Crippen LogP contribution in [0.25, 0.3) is 0 Å². The van der Waals surface area contributed by atoms with Gasteiger partial charge in [-0.25, -0.2) is 4.68 Å². The van der Waals surface area contributed by atoms with Crippen LogP contribution in [-0.2, 0) is 11.4 Å². The lowest BCUT2D eigenvalue weighted by atomic mass is 9.94. The molecule has 0 bridgehead atoms. The Bertz CT molecular complexity index is 1550. The molecule has 0 radical (unpaired) electrons. The van der Waals surface area contributed by atoms with Crippen molar-refractivity contribution < 1.29 is 9.53 Å². The predicted octanol–water partition coefficient (Wildman–Crippen LogP) is 7.17. The van der Waals surface area contributed by atoms with Crippen molar-refractivity contribution in [3.05, 3.63) is 105 Å². The van der Waals surface area contributed by atoms with Crippen LogP contribution >= 0.6 is 23.4 Å². The number of ether oxygens (including phenoxy) is 1. The molecular weight excluding hydrogens is 530 g/mol. The van der Waals surface area contributed by atoms with E-state index in [1.54, 1.807) is 16.4 Å². The lowest BCUT2D eigenvalue weighted by molar-refractivity contribution is -0.113. The van der Waals surface area contributed by atoms with Gasteiger partial charge in [0.1, 0.15) is 18.4 Å². The van der Waals surface area contributed by atoms with Gasteiger partial charge in [-0.05, 0) is 79.1 Å². The van der Waals surface area contributed by atoms with Gasteiger partial charge >= 0.3 is 0 Å². The Balaban J connectivity index is 1.51. The number of rotatable bonds is 8. The number of benzene rings is 3. The van der Waals surface area contributed by atoms with E-state index in [1.807, 2.05) is 87.5 Å². The Morgan fingerprint density at radius 1 is 1.10 bits per heavy atom. The van der Waals surface area contributed by atoms with Crippen LogP contribution in [-0.4, -0.2) is 26.4 Å². The maximum absolute atomic E-state index is 13.9. The van der Waals surface area contributed by atoms with Crippen LogP contribution in [0.1, 0.15) is 42.1 Å². The van der Waals surface area contributed by atoms with Crippen molar-refractivity contribution in [1.82, 2.24) is 14.8 Å². The first-order chi connectivity index (χ1) is 18.8. The topological polar surface area (TPSA) is 81.1 Å². The predicted molar refractivity (Wildman–Crippen MR) is 158 cm³/mol. The Labute approximate surface area is 237 Å². The maximum atomic E-state index is 13.9. The van der Waals surface area contributed by atoms with Gasteiger partial charge in [-0.3, -0.25) is 4.79 Å². The van der Waals surface area contributed by atoms with Crippen LogP contribution in [0.15, 0.2) is 83.2 Å². The molecule has 4 aromatic rings. The molecule has 1 atom stereocenters. The zero-order valence-electron chi connectivity index (χ0n) is 22.3. The lowest BCUT2D eigenvalue weighted by Crippen LogP contribution is -2.31. The quantitative estimate of drug-likeness (QED) is 0.223. The molecule has 2 heterocycles. The van der Waals surface area contributed by atoms with Gasteiger partial charge in [-0.15, -0.1) is 5.10 Å². The number of allylic oxidation sites excluding steroid dienone is 1. The van der Waals surface area contributed by atoms with Gasteiger partial charge < -0.3 is 15.4 Å². The molecule has 0 fully saturated rings. The van der Waals surface area contributed by atoms with Crippen molar-refractivity contribution >= 4 is 40.9 Å². The standard InChI is InChI=1S/C30H30ClN5O2S/c1-5-39-30-34-29-32-20(4)26(28(37)33-25-11-6-8-18(2)19(25)3)27(36(29)35-30)22-9-7-10-24(16-22)38-17-21-12-14-23(31)15-13-21/h6-16,27H,5,17H2,1-4H3,(H,33,37)(H,32,34,35). The number of nitrogens with one attached hydrogen (secondary N) is 2. The number of nitrogens with zero attached hydrogens (tertiary/aromatic N) is 3. The summed E-state index contributed by atoms with van der Waals surface area (Å²) >= 11 is 7.58. The molecule has 1 aliphatic rings. The molecule has 7 nitrogen and oxygen atoms in total. The fourth-order valence-corrected chi connectivity index (χ4v) is 5.20. The fourth-order valence-electron chi connectivity index (χ4n) is 4.52. The molecule has 200 valence electrons. The van der Waals surface area contributed by atoms with Crippen molar-refractivity contribution in [3.8, 4) is 5.75 Å². The second kappa shape index (κ2) is 11.6. The molecule has 9 heteroatoms. The van der Waals surface area contributed by atoms with Gasteiger partial charge in [0.05, 0.1) is 5.57 Å². The Kier molecular flexibility index (Phi) is 7.95. The summed E-state index contributed by atoms with van der Waals surface area (Å²) in [5, 5.41) is 12.5. The Hall–Kier alpha value is -3.75. The molecule has 0 spiro atoms. The second-order valence-corrected chi connectivity index (χ2v) is 11.0. The van der Waals surface area contributed by atoms with E-state index in [-0.39, 0.29) is 5.91 Å². The molecule has 1 aromatic heterocycles. The van der Waals surface area contributed by atoms with E-state index < -0.39 is 6.04 Å². The van der Waals surface area contributed by atoms with E-state index >= 15 is 0 Å². The average Bonchev–Trinajstić information content (AvgIpc) is 3.32. The minimum atomic E-state index is -0.496. The molecule has 39 heavy (non-hydrogen) atoms. The Morgan fingerprint density at radius 2 is 1.87 bits per heavy atom. The summed E-state index contributed by atoms with van der Waals surface area (Å²) < 4.78 is 7.91. The Morgan fingerprint density at radius 3 is 2.64 bits per heavy atom. The number of carbonyl (C=O) groups is 1. The minimum absolute atomic E-state index is 0.197. The zero-order chi connectivity index (χ0) is 27.5. The third-order valence-electron chi connectivity index (χ3n) is 6.70. The van der Waals surface area contributed by atoms with Crippen LogP contribution in [0.5, 0.6) is 5.75 Å². The van der Waals surface area contributed by atoms with Crippen LogP contribution in [0.3, 0.4) is 0 Å². The minimum Gasteiger partial charge on any atom is -0.489 e. The van der Waals surface area contributed by atoms with Gasteiger partial charge in [0.15, 0.2) is 0 Å². The smallest absolute Gasteiger partial charge is 0.255 e. The summed E-state index contributed by atoms with van der Waals surface area (Å²) in [6.07, 6.45) is 0. The van der Waals surface area contributed by atoms with E-state index in [1.165, 1.54) is 0 Å². The highest BCUT2D eigenvalue weighted by Gasteiger charge is 2.34. The largest absolute Gasteiger partial charge is 0.489 e. The first-order valence-corrected chi connectivity index (χ1v) is 14.1. The van der Waals surface area contributed by atoms with Crippen molar-refractivity contribution in [2.75, 3.05) is 16.4 Å². The van der Waals surface area contributed by atoms with Gasteiger partial charge in [0.25, 0.3) is 5.91 Å². The first-order valence-electron chi connectivity index (χ1n) is 12.8. The molecule has 1 amide bonds. The van der Waals surface area contributed by atoms with Gasteiger partial charge in [-0.1, -0.05) is 66.7 Å². The molecule has 3 aromatic carbocycles. The first kappa shape index (κ1) is 26.8. The number of thioether (sulfide) groups is 1. The van der Waals surface area contributed by atoms with E-state index in [9.17, 15) is 4.79 Å². The van der Waals surface area contributed by atoms with Gasteiger partial charge in [0, 0.05) is 16.4 Å². The second-order valence-electron chi connectivity index (χ2n) is 9.35. The maximum Gasteiger partial charge on any atom is 0.255 e. The van der Waals surface area contributed by atoms with Gasteiger partial charge in [0.2, 0.25) is 11.1 Å². The molecule has 0 saturated carbocycles. The van der Waals surface area contributed by atoms with Gasteiger partial charge in [-0.2, -0.15) is 4.98 Å². The molecule has 5 rings (SSSR count). The third-order valence-corrected chi connectivity index (χ3v) is 7.67. The number of amides is 1. The molecular formula is C30H30ClN5O2S. The summed E-state index contributed by atoms with van der Waals surface area (Å²) in [6.45, 7) is 8.40. The van der Waals surface area contributed by atoms with E-state index in [4.69, 9.17) is 21.4 Å². The zero-order valence-corrected chi connectivity index (χ0v) is 23.9. The number of hydrogen-bond acceptors (Lipinski definition) is 6. The normalized spacial score (nSPS) is 14.5. The SMILES string of the molecule is CCSc1nc2n(n1)C(c1cccc(OCc3ccc(Cl)cc3)c1)C(C(=O)Nc1cccc(C)c1C)=C(C)N2. The van der Waals surface area contributed by atoms with E-state index in [0.717, 1.165) is 39.4 Å². The summed E-state index contributed by atoms with van der Waals surface area (Å²) in [7, 11) is 0. The van der Waals surface area contributed by atoms with Crippen LogP contribution in [0, 0.1) is 13.8 Å². The van der Waals surface area contributed by atoms with Crippen molar-refractivity contribution in [1.29, 1.82) is 0 Å². The average molecular weight is 560 g/mol. The summed E-state index contributed by atoms with van der Waals surface area (Å²) in [5.74, 6) is 1.94. The number of hydrogen-bond donors (Lipinski definition) is 2. The third kappa shape index (κ3) is 5.82. The highest BCUT2D eigenvalue weighted by atomic mass is 35.5.